The predicted octanol–water partition coefficient (Wildman–Crippen LogP) is 2.63. The molecule has 2 nitrogen and oxygen atoms in total. The van der Waals surface area contributed by atoms with Gasteiger partial charge in [0.15, 0.2) is 0 Å². The molecule has 3 heteroatoms. The lowest BCUT2D eigenvalue weighted by Crippen LogP contribution is -2.35. The van der Waals surface area contributed by atoms with E-state index < -0.39 is 0 Å². The molecule has 2 heterocycles. The molecule has 1 aromatic heterocycles. The molecule has 0 spiro atoms. The highest BCUT2D eigenvalue weighted by atomic mass is 32.1. The van der Waals surface area contributed by atoms with Crippen LogP contribution in [0.5, 0.6) is 0 Å². The lowest BCUT2D eigenvalue weighted by atomic mass is 10.1. The Morgan fingerprint density at radius 1 is 1.31 bits per heavy atom. The summed E-state index contributed by atoms with van der Waals surface area (Å²) in [5.41, 5.74) is 1.43. The van der Waals surface area contributed by atoms with Crippen LogP contribution >= 0.6 is 11.3 Å². The average molecular weight is 238 g/mol. The molecule has 0 bridgehead atoms. The molecule has 90 valence electrons. The number of hydrogen-bond donors (Lipinski definition) is 1. The van der Waals surface area contributed by atoms with Crippen LogP contribution in [0.1, 0.15) is 29.7 Å². The highest BCUT2D eigenvalue weighted by Crippen LogP contribution is 2.14. The third kappa shape index (κ3) is 3.58. The molecule has 0 unspecified atom stereocenters. The summed E-state index contributed by atoms with van der Waals surface area (Å²) < 4.78 is 0. The third-order valence-electron chi connectivity index (χ3n) is 3.31. The largest absolute Gasteiger partial charge is 0.311 e. The minimum atomic E-state index is 1.04. The van der Waals surface area contributed by atoms with Crippen molar-refractivity contribution in [3.05, 3.63) is 21.9 Å². The van der Waals surface area contributed by atoms with Gasteiger partial charge in [-0.15, -0.1) is 11.3 Å². The van der Waals surface area contributed by atoms with Crippen LogP contribution in [0.4, 0.5) is 0 Å². The second-order valence-electron chi connectivity index (χ2n) is 4.61. The van der Waals surface area contributed by atoms with E-state index in [1.807, 2.05) is 11.3 Å². The van der Waals surface area contributed by atoms with Crippen molar-refractivity contribution in [1.82, 2.24) is 10.2 Å². The monoisotopic (exact) mass is 238 g/mol. The minimum Gasteiger partial charge on any atom is -0.311 e. The van der Waals surface area contributed by atoms with Crippen molar-refractivity contribution < 1.29 is 0 Å². The molecule has 1 aliphatic heterocycles. The van der Waals surface area contributed by atoms with Crippen LogP contribution in [0.2, 0.25) is 0 Å². The highest BCUT2D eigenvalue weighted by molar-refractivity contribution is 7.10. The van der Waals surface area contributed by atoms with Gasteiger partial charge >= 0.3 is 0 Å². The topological polar surface area (TPSA) is 15.3 Å². The Morgan fingerprint density at radius 3 is 2.81 bits per heavy atom. The Hall–Kier alpha value is -0.380. The van der Waals surface area contributed by atoms with Crippen molar-refractivity contribution >= 4 is 11.3 Å². The summed E-state index contributed by atoms with van der Waals surface area (Å²) in [5, 5.41) is 5.72. The van der Waals surface area contributed by atoms with E-state index in [-0.39, 0.29) is 0 Å². The maximum atomic E-state index is 3.54. The van der Waals surface area contributed by atoms with Gasteiger partial charge in [0.1, 0.15) is 0 Å². The SMILES string of the molecule is Cc1ccsc1CNCCN1CCCCC1. The lowest BCUT2D eigenvalue weighted by Gasteiger charge is -2.26. The molecule has 1 N–H and O–H groups in total. The third-order valence-corrected chi connectivity index (χ3v) is 4.33. The summed E-state index contributed by atoms with van der Waals surface area (Å²) in [4.78, 5) is 4.07. The Morgan fingerprint density at radius 2 is 2.12 bits per heavy atom. The van der Waals surface area contributed by atoms with Gasteiger partial charge in [0, 0.05) is 24.5 Å². The molecule has 2 rings (SSSR count). The van der Waals surface area contributed by atoms with Gasteiger partial charge in [0.05, 0.1) is 0 Å². The van der Waals surface area contributed by atoms with Crippen LogP contribution in [0, 0.1) is 6.92 Å². The Labute approximate surface area is 103 Å². The molecule has 0 radical (unpaired) electrons. The Bertz CT molecular complexity index is 303. The molecule has 0 aliphatic carbocycles. The summed E-state index contributed by atoms with van der Waals surface area (Å²) in [5.74, 6) is 0. The van der Waals surface area contributed by atoms with Gasteiger partial charge in [-0.05, 0) is 49.9 Å². The van der Waals surface area contributed by atoms with Gasteiger partial charge in [-0.2, -0.15) is 0 Å². The number of nitrogens with one attached hydrogen (secondary N) is 1. The Balaban J connectivity index is 1.59. The number of piperidine rings is 1. The van der Waals surface area contributed by atoms with E-state index in [9.17, 15) is 0 Å². The molecule has 0 atom stereocenters. The first-order valence-electron chi connectivity index (χ1n) is 6.32. The van der Waals surface area contributed by atoms with Crippen molar-refractivity contribution in [3.63, 3.8) is 0 Å². The quantitative estimate of drug-likeness (QED) is 0.793. The first-order chi connectivity index (χ1) is 7.86. The molecule has 0 amide bonds. The smallest absolute Gasteiger partial charge is 0.0302 e. The minimum absolute atomic E-state index is 1.04. The summed E-state index contributed by atoms with van der Waals surface area (Å²) in [6.07, 6.45) is 4.21. The number of thiophene rings is 1. The molecular weight excluding hydrogens is 216 g/mol. The fraction of sp³-hybridized carbons (Fsp3) is 0.692. The summed E-state index contributed by atoms with van der Waals surface area (Å²) >= 11 is 1.86. The van der Waals surface area contributed by atoms with E-state index in [0.29, 0.717) is 0 Å². The zero-order valence-corrected chi connectivity index (χ0v) is 11.0. The van der Waals surface area contributed by atoms with Crippen LogP contribution in [-0.4, -0.2) is 31.1 Å². The van der Waals surface area contributed by atoms with Crippen molar-refractivity contribution in [3.8, 4) is 0 Å². The molecular formula is C13H22N2S. The van der Waals surface area contributed by atoms with Crippen LogP contribution < -0.4 is 5.32 Å². The lowest BCUT2D eigenvalue weighted by molar-refractivity contribution is 0.229. The van der Waals surface area contributed by atoms with Crippen LogP contribution in [0.25, 0.3) is 0 Å². The molecule has 1 aliphatic rings. The number of likely N-dealkylation sites (tertiary alicyclic amines) is 1. The zero-order chi connectivity index (χ0) is 11.2. The molecule has 1 saturated heterocycles. The summed E-state index contributed by atoms with van der Waals surface area (Å²) in [7, 11) is 0. The summed E-state index contributed by atoms with van der Waals surface area (Å²) in [6, 6.07) is 2.20. The second-order valence-corrected chi connectivity index (χ2v) is 5.61. The van der Waals surface area contributed by atoms with E-state index in [4.69, 9.17) is 0 Å². The zero-order valence-electron chi connectivity index (χ0n) is 10.2. The number of nitrogens with zero attached hydrogens (tertiary/aromatic N) is 1. The molecule has 0 aromatic carbocycles. The van der Waals surface area contributed by atoms with Crippen LogP contribution in [-0.2, 0) is 6.54 Å². The molecule has 16 heavy (non-hydrogen) atoms. The van der Waals surface area contributed by atoms with Gasteiger partial charge < -0.3 is 10.2 Å². The normalized spacial score (nSPS) is 17.8. The van der Waals surface area contributed by atoms with E-state index >= 15 is 0 Å². The van der Waals surface area contributed by atoms with Crippen LogP contribution in [0.15, 0.2) is 11.4 Å². The molecule has 0 saturated carbocycles. The first kappa shape index (κ1) is 12.1. The van der Waals surface area contributed by atoms with Gasteiger partial charge in [0.2, 0.25) is 0 Å². The predicted molar refractivity (Wildman–Crippen MR) is 71.1 cm³/mol. The Kier molecular flexibility index (Phi) is 4.82. The van der Waals surface area contributed by atoms with E-state index in [1.54, 1.807) is 0 Å². The fourth-order valence-electron chi connectivity index (χ4n) is 2.21. The van der Waals surface area contributed by atoms with Gasteiger partial charge in [-0.1, -0.05) is 6.42 Å². The maximum Gasteiger partial charge on any atom is 0.0302 e. The van der Waals surface area contributed by atoms with Crippen molar-refractivity contribution in [2.45, 2.75) is 32.7 Å². The van der Waals surface area contributed by atoms with Crippen molar-refractivity contribution in [2.75, 3.05) is 26.2 Å². The van der Waals surface area contributed by atoms with Gasteiger partial charge in [-0.3, -0.25) is 0 Å². The second kappa shape index (κ2) is 6.38. The standard InChI is InChI=1S/C13H22N2S/c1-12-5-10-16-13(12)11-14-6-9-15-7-3-2-4-8-15/h5,10,14H,2-4,6-9,11H2,1H3. The molecule has 1 aromatic rings. The van der Waals surface area contributed by atoms with Gasteiger partial charge in [0.25, 0.3) is 0 Å². The first-order valence-corrected chi connectivity index (χ1v) is 7.20. The highest BCUT2D eigenvalue weighted by Gasteiger charge is 2.08. The molecule has 1 fully saturated rings. The van der Waals surface area contributed by atoms with E-state index in [0.717, 1.165) is 13.1 Å². The van der Waals surface area contributed by atoms with Crippen molar-refractivity contribution in [2.24, 2.45) is 0 Å². The number of rotatable bonds is 5. The van der Waals surface area contributed by atoms with Crippen LogP contribution in [0.3, 0.4) is 0 Å². The van der Waals surface area contributed by atoms with Gasteiger partial charge in [-0.25, -0.2) is 0 Å². The van der Waals surface area contributed by atoms with E-state index in [2.05, 4.69) is 28.6 Å². The van der Waals surface area contributed by atoms with Crippen molar-refractivity contribution in [1.29, 1.82) is 0 Å². The summed E-state index contributed by atoms with van der Waals surface area (Å²) in [6.45, 7) is 8.18. The number of hydrogen-bond acceptors (Lipinski definition) is 3. The van der Waals surface area contributed by atoms with E-state index in [1.165, 1.54) is 49.3 Å². The maximum absolute atomic E-state index is 3.54. The average Bonchev–Trinajstić information content (AvgIpc) is 2.72. The number of aryl methyl sites for hydroxylation is 1. The fourth-order valence-corrected chi connectivity index (χ4v) is 3.08.